The zero-order valence-electron chi connectivity index (χ0n) is 15.5. The van der Waals surface area contributed by atoms with Gasteiger partial charge in [-0.05, 0) is 53.9 Å². The highest BCUT2D eigenvalue weighted by atomic mass is 35.5. The van der Waals surface area contributed by atoms with Gasteiger partial charge in [0.1, 0.15) is 0 Å². The van der Waals surface area contributed by atoms with Crippen molar-refractivity contribution in [2.45, 2.75) is 17.7 Å². The Morgan fingerprint density at radius 2 is 1.72 bits per heavy atom. The molecule has 148 valence electrons. The van der Waals surface area contributed by atoms with Crippen LogP contribution >= 0.6 is 11.6 Å². The van der Waals surface area contributed by atoms with E-state index >= 15 is 0 Å². The molecule has 7 heteroatoms. The number of sulfonamides is 1. The van der Waals surface area contributed by atoms with E-state index in [9.17, 15) is 13.2 Å². The van der Waals surface area contributed by atoms with Crippen LogP contribution in [0.15, 0.2) is 77.7 Å². The summed E-state index contributed by atoms with van der Waals surface area (Å²) in [4.78, 5) is 12.5. The lowest BCUT2D eigenvalue weighted by Crippen LogP contribution is -2.29. The maximum absolute atomic E-state index is 13.1. The Labute approximate surface area is 175 Å². The first kappa shape index (κ1) is 19.5. The van der Waals surface area contributed by atoms with Crippen molar-refractivity contribution in [1.29, 1.82) is 0 Å². The van der Waals surface area contributed by atoms with Crippen LogP contribution in [-0.2, 0) is 27.7 Å². The van der Waals surface area contributed by atoms with Crippen LogP contribution < -0.4 is 9.62 Å². The Morgan fingerprint density at radius 1 is 1.00 bits per heavy atom. The predicted molar refractivity (Wildman–Crippen MR) is 115 cm³/mol. The molecular weight excluding hydrogens is 408 g/mol. The average molecular weight is 427 g/mol. The summed E-state index contributed by atoms with van der Waals surface area (Å²) in [6, 6.07) is 21.0. The lowest BCUT2D eigenvalue weighted by Gasteiger charge is -2.20. The van der Waals surface area contributed by atoms with Gasteiger partial charge in [0, 0.05) is 17.3 Å². The van der Waals surface area contributed by atoms with Crippen LogP contribution in [0, 0.1) is 0 Å². The van der Waals surface area contributed by atoms with Crippen LogP contribution in [0.4, 0.5) is 11.4 Å². The number of hydrogen-bond donors (Lipinski definition) is 1. The molecule has 0 saturated carbocycles. The second kappa shape index (κ2) is 7.89. The van der Waals surface area contributed by atoms with Crippen LogP contribution in [0.2, 0.25) is 5.02 Å². The van der Waals surface area contributed by atoms with Gasteiger partial charge >= 0.3 is 0 Å². The normalized spacial score (nSPS) is 13.2. The van der Waals surface area contributed by atoms with Crippen LogP contribution in [0.5, 0.6) is 0 Å². The molecule has 1 aliphatic rings. The first-order valence-corrected chi connectivity index (χ1v) is 11.0. The molecule has 0 unspecified atom stereocenters. The SMILES string of the molecule is O=C(Cc1ccccc1)Nc1ccc2c(c1)N(S(=O)(=O)c1ccc(Cl)cc1)CC2. The van der Waals surface area contributed by atoms with Crippen LogP contribution in [-0.4, -0.2) is 20.9 Å². The molecule has 1 N–H and O–H groups in total. The quantitative estimate of drug-likeness (QED) is 0.662. The molecule has 0 radical (unpaired) electrons. The molecule has 4 rings (SSSR count). The summed E-state index contributed by atoms with van der Waals surface area (Å²) >= 11 is 5.88. The molecule has 1 amide bonds. The summed E-state index contributed by atoms with van der Waals surface area (Å²) in [5.74, 6) is -0.152. The number of amides is 1. The maximum atomic E-state index is 13.1. The van der Waals surface area contributed by atoms with E-state index in [1.807, 2.05) is 36.4 Å². The second-order valence-electron chi connectivity index (χ2n) is 6.84. The highest BCUT2D eigenvalue weighted by Crippen LogP contribution is 2.35. The molecule has 1 aliphatic heterocycles. The molecule has 0 spiro atoms. The summed E-state index contributed by atoms with van der Waals surface area (Å²) in [5.41, 5.74) is 3.02. The number of rotatable bonds is 5. The van der Waals surface area contributed by atoms with E-state index in [4.69, 9.17) is 11.6 Å². The van der Waals surface area contributed by atoms with Gasteiger partial charge in [-0.25, -0.2) is 8.42 Å². The first-order chi connectivity index (χ1) is 13.9. The maximum Gasteiger partial charge on any atom is 0.264 e. The lowest BCUT2D eigenvalue weighted by molar-refractivity contribution is -0.115. The van der Waals surface area contributed by atoms with E-state index in [0.29, 0.717) is 29.4 Å². The minimum atomic E-state index is -3.70. The summed E-state index contributed by atoms with van der Waals surface area (Å²) in [6.45, 7) is 0.363. The minimum absolute atomic E-state index is 0.152. The van der Waals surface area contributed by atoms with Gasteiger partial charge in [-0.1, -0.05) is 48.0 Å². The van der Waals surface area contributed by atoms with Crippen molar-refractivity contribution in [2.75, 3.05) is 16.2 Å². The summed E-state index contributed by atoms with van der Waals surface area (Å²) in [5, 5.41) is 3.34. The van der Waals surface area contributed by atoms with Crippen LogP contribution in [0.25, 0.3) is 0 Å². The topological polar surface area (TPSA) is 66.5 Å². The Balaban J connectivity index is 1.56. The fourth-order valence-corrected chi connectivity index (χ4v) is 5.02. The smallest absolute Gasteiger partial charge is 0.264 e. The van der Waals surface area contributed by atoms with Crippen LogP contribution in [0.3, 0.4) is 0 Å². The molecule has 0 aromatic heterocycles. The van der Waals surface area contributed by atoms with Crippen LogP contribution in [0.1, 0.15) is 11.1 Å². The number of nitrogens with one attached hydrogen (secondary N) is 1. The fourth-order valence-electron chi connectivity index (χ4n) is 3.40. The van der Waals surface area contributed by atoms with Crippen molar-refractivity contribution >= 4 is 38.9 Å². The summed E-state index contributed by atoms with van der Waals surface area (Å²) < 4.78 is 27.5. The molecule has 3 aromatic carbocycles. The Bertz CT molecular complexity index is 1150. The molecule has 29 heavy (non-hydrogen) atoms. The third kappa shape index (κ3) is 4.13. The van der Waals surface area contributed by atoms with Gasteiger partial charge in [0.15, 0.2) is 0 Å². The van der Waals surface area contributed by atoms with Gasteiger partial charge in [-0.15, -0.1) is 0 Å². The number of halogens is 1. The first-order valence-electron chi connectivity index (χ1n) is 9.18. The number of hydrogen-bond acceptors (Lipinski definition) is 3. The van der Waals surface area contributed by atoms with Gasteiger partial charge in [0.2, 0.25) is 5.91 Å². The van der Waals surface area contributed by atoms with Gasteiger partial charge in [-0.2, -0.15) is 0 Å². The van der Waals surface area contributed by atoms with Gasteiger partial charge in [0.25, 0.3) is 10.0 Å². The van der Waals surface area contributed by atoms with Crippen molar-refractivity contribution in [1.82, 2.24) is 0 Å². The number of carbonyl (C=O) groups excluding carboxylic acids is 1. The van der Waals surface area contributed by atoms with Crippen molar-refractivity contribution < 1.29 is 13.2 Å². The number of fused-ring (bicyclic) bond motifs is 1. The van der Waals surface area contributed by atoms with E-state index in [1.165, 1.54) is 16.4 Å². The fraction of sp³-hybridized carbons (Fsp3) is 0.136. The monoisotopic (exact) mass is 426 g/mol. The standard InChI is InChI=1S/C22H19ClN2O3S/c23-18-7-10-20(11-8-18)29(27,28)25-13-12-17-6-9-19(15-21(17)25)24-22(26)14-16-4-2-1-3-5-16/h1-11,15H,12-14H2,(H,24,26). The van der Waals surface area contributed by atoms with Gasteiger partial charge < -0.3 is 5.32 Å². The number of nitrogens with zero attached hydrogens (tertiary/aromatic N) is 1. The predicted octanol–water partition coefficient (Wildman–Crippen LogP) is 4.27. The second-order valence-corrected chi connectivity index (χ2v) is 9.13. The van der Waals surface area contributed by atoms with Gasteiger partial charge in [0.05, 0.1) is 17.0 Å². The molecule has 0 fully saturated rings. The molecule has 1 heterocycles. The molecule has 0 atom stereocenters. The van der Waals surface area contributed by atoms with Crippen molar-refractivity contribution in [2.24, 2.45) is 0 Å². The number of anilines is 2. The molecule has 0 saturated heterocycles. The summed E-state index contributed by atoms with van der Waals surface area (Å²) in [6.07, 6.45) is 0.880. The third-order valence-corrected chi connectivity index (χ3v) is 6.91. The number of benzene rings is 3. The van der Waals surface area contributed by atoms with E-state index < -0.39 is 10.0 Å². The molecular formula is C22H19ClN2O3S. The Morgan fingerprint density at radius 3 is 2.45 bits per heavy atom. The minimum Gasteiger partial charge on any atom is -0.326 e. The molecule has 0 bridgehead atoms. The highest BCUT2D eigenvalue weighted by Gasteiger charge is 2.31. The van der Waals surface area contributed by atoms with Gasteiger partial charge in [-0.3, -0.25) is 9.10 Å². The van der Waals surface area contributed by atoms with Crippen molar-refractivity contribution in [3.63, 3.8) is 0 Å². The molecule has 3 aromatic rings. The van der Waals surface area contributed by atoms with Crippen molar-refractivity contribution in [3.8, 4) is 0 Å². The van der Waals surface area contributed by atoms with E-state index in [-0.39, 0.29) is 17.2 Å². The highest BCUT2D eigenvalue weighted by molar-refractivity contribution is 7.92. The van der Waals surface area contributed by atoms with Crippen molar-refractivity contribution in [3.05, 3.63) is 88.9 Å². The zero-order valence-corrected chi connectivity index (χ0v) is 17.1. The molecule has 5 nitrogen and oxygen atoms in total. The Hall–Kier alpha value is -2.83. The molecule has 0 aliphatic carbocycles. The average Bonchev–Trinajstić information content (AvgIpc) is 3.13. The van der Waals surface area contributed by atoms with E-state index in [2.05, 4.69) is 5.32 Å². The lowest BCUT2D eigenvalue weighted by atomic mass is 10.1. The summed E-state index contributed by atoms with van der Waals surface area (Å²) in [7, 11) is -3.70. The number of carbonyl (C=O) groups is 1. The zero-order chi connectivity index (χ0) is 20.4. The van der Waals surface area contributed by atoms with E-state index in [1.54, 1.807) is 24.3 Å². The largest absolute Gasteiger partial charge is 0.326 e. The Kier molecular flexibility index (Phi) is 5.30. The van der Waals surface area contributed by atoms with E-state index in [0.717, 1.165) is 11.1 Å². The third-order valence-electron chi connectivity index (χ3n) is 4.83.